The molecular weight excluding hydrogens is 218 g/mol. The third-order valence-corrected chi connectivity index (χ3v) is 2.75. The van der Waals surface area contributed by atoms with Gasteiger partial charge in [-0.15, -0.1) is 0 Å². The van der Waals surface area contributed by atoms with Gasteiger partial charge in [-0.3, -0.25) is 0 Å². The number of nitrogens with zero attached hydrogens (tertiary/aromatic N) is 1. The highest BCUT2D eigenvalue weighted by Crippen LogP contribution is 2.06. The van der Waals surface area contributed by atoms with Crippen molar-refractivity contribution in [2.45, 2.75) is 13.8 Å². The summed E-state index contributed by atoms with van der Waals surface area (Å²) in [7, 11) is 2.07. The zero-order chi connectivity index (χ0) is 13.5. The maximum atomic E-state index is 3.77. The van der Waals surface area contributed by atoms with Crippen molar-refractivity contribution in [2.24, 2.45) is 7.05 Å². The second-order valence-electron chi connectivity index (χ2n) is 3.68. The molecule has 0 saturated carbocycles. The number of para-hydroxylation sites is 1. The van der Waals surface area contributed by atoms with Crippen LogP contribution in [0.2, 0.25) is 0 Å². The van der Waals surface area contributed by atoms with Gasteiger partial charge >= 0.3 is 0 Å². The summed E-state index contributed by atoms with van der Waals surface area (Å²) in [4.78, 5) is 0. The van der Waals surface area contributed by atoms with Crippen molar-refractivity contribution in [3.05, 3.63) is 60.1 Å². The molecule has 1 aromatic carbocycles. The van der Waals surface area contributed by atoms with Crippen LogP contribution in [-0.4, -0.2) is 4.57 Å². The molecule has 0 atom stereocenters. The van der Waals surface area contributed by atoms with Gasteiger partial charge in [-0.05, 0) is 12.1 Å². The molecular formula is C17H21N. The van der Waals surface area contributed by atoms with Crippen molar-refractivity contribution < 1.29 is 0 Å². The fourth-order valence-corrected chi connectivity index (χ4v) is 2.05. The van der Waals surface area contributed by atoms with E-state index in [9.17, 15) is 0 Å². The summed E-state index contributed by atoms with van der Waals surface area (Å²) >= 11 is 0. The molecule has 0 N–H and O–H groups in total. The lowest BCUT2D eigenvalue weighted by atomic mass is 10.2. The number of fused-ring (bicyclic) bond motifs is 1. The van der Waals surface area contributed by atoms with Crippen LogP contribution in [0.4, 0.5) is 0 Å². The lowest BCUT2D eigenvalue weighted by molar-refractivity contribution is 0.925. The third kappa shape index (κ3) is 2.45. The Kier molecular flexibility index (Phi) is 5.19. The molecule has 18 heavy (non-hydrogen) atoms. The van der Waals surface area contributed by atoms with Gasteiger partial charge in [-0.25, -0.2) is 0 Å². The zero-order valence-corrected chi connectivity index (χ0v) is 11.5. The van der Waals surface area contributed by atoms with Gasteiger partial charge in [0.25, 0.3) is 0 Å². The van der Waals surface area contributed by atoms with Crippen molar-refractivity contribution in [1.29, 1.82) is 0 Å². The summed E-state index contributed by atoms with van der Waals surface area (Å²) in [5.41, 5.74) is 1.23. The van der Waals surface area contributed by atoms with Crippen LogP contribution in [0.25, 0.3) is 23.1 Å². The normalized spacial score (nSPS) is 12.2. The summed E-state index contributed by atoms with van der Waals surface area (Å²) in [5.74, 6) is 0. The molecule has 2 aromatic rings. The van der Waals surface area contributed by atoms with E-state index < -0.39 is 0 Å². The number of benzene rings is 1. The number of hydrogen-bond donors (Lipinski definition) is 0. The summed E-state index contributed by atoms with van der Waals surface area (Å²) < 4.78 is 2.17. The lowest BCUT2D eigenvalue weighted by Gasteiger charge is -1.94. The van der Waals surface area contributed by atoms with Crippen LogP contribution in [-0.2, 0) is 7.05 Å². The Hall–Kier alpha value is -2.02. The smallest absolute Gasteiger partial charge is 0.0488 e. The van der Waals surface area contributed by atoms with Crippen LogP contribution < -0.4 is 10.6 Å². The first-order valence-electron chi connectivity index (χ1n) is 6.28. The van der Waals surface area contributed by atoms with Crippen molar-refractivity contribution in [3.63, 3.8) is 0 Å². The highest BCUT2D eigenvalue weighted by atomic mass is 14.9. The average molecular weight is 239 g/mol. The van der Waals surface area contributed by atoms with E-state index in [0.29, 0.717) is 0 Å². The second kappa shape index (κ2) is 6.65. The number of aryl methyl sites for hydroxylation is 1. The van der Waals surface area contributed by atoms with E-state index in [-0.39, 0.29) is 0 Å². The van der Waals surface area contributed by atoms with E-state index in [2.05, 4.69) is 49.0 Å². The third-order valence-electron chi connectivity index (χ3n) is 2.75. The maximum absolute atomic E-state index is 3.77. The van der Waals surface area contributed by atoms with E-state index in [0.717, 1.165) is 5.35 Å². The summed E-state index contributed by atoms with van der Waals surface area (Å²) in [6.07, 6.45) is 7.70. The molecule has 1 heterocycles. The van der Waals surface area contributed by atoms with Crippen molar-refractivity contribution in [2.75, 3.05) is 0 Å². The van der Waals surface area contributed by atoms with Gasteiger partial charge in [0.1, 0.15) is 0 Å². The van der Waals surface area contributed by atoms with E-state index in [1.165, 1.54) is 16.1 Å². The molecule has 0 aliphatic carbocycles. The van der Waals surface area contributed by atoms with Crippen molar-refractivity contribution in [3.8, 4) is 0 Å². The molecule has 1 aromatic heterocycles. The van der Waals surface area contributed by atoms with Crippen LogP contribution >= 0.6 is 0 Å². The largest absolute Gasteiger partial charge is 0.344 e. The Labute approximate surface area is 109 Å². The molecule has 94 valence electrons. The standard InChI is InChI=1S/C15H15N.C2H6/c1-4-8-12-13-10-6-7-11-15(13)16(3)14(12)9-5-2;1-2/h4-11H,1-2H2,3H3;1-2H3/b12-8-,14-9+;. The molecule has 0 unspecified atom stereocenters. The minimum atomic E-state index is 1.16. The highest BCUT2D eigenvalue weighted by Gasteiger charge is 2.01. The van der Waals surface area contributed by atoms with Gasteiger partial charge in [-0.1, -0.05) is 63.4 Å². The first-order chi connectivity index (χ1) is 8.79. The molecule has 0 saturated heterocycles. The monoisotopic (exact) mass is 239 g/mol. The number of rotatable bonds is 2. The molecule has 0 amide bonds. The van der Waals surface area contributed by atoms with E-state index in [4.69, 9.17) is 0 Å². The summed E-state index contributed by atoms with van der Waals surface area (Å²) in [6, 6.07) is 8.36. The lowest BCUT2D eigenvalue weighted by Crippen LogP contribution is -2.27. The Morgan fingerprint density at radius 3 is 2.22 bits per heavy atom. The topological polar surface area (TPSA) is 4.93 Å². The fraction of sp³-hybridized carbons (Fsp3) is 0.176. The van der Waals surface area contributed by atoms with Gasteiger partial charge in [0, 0.05) is 28.5 Å². The molecule has 2 rings (SSSR count). The molecule has 0 bridgehead atoms. The Morgan fingerprint density at radius 1 is 1.00 bits per heavy atom. The van der Waals surface area contributed by atoms with Gasteiger partial charge in [-0.2, -0.15) is 0 Å². The fourth-order valence-electron chi connectivity index (χ4n) is 2.05. The predicted molar refractivity (Wildman–Crippen MR) is 82.8 cm³/mol. The summed E-state index contributed by atoms with van der Waals surface area (Å²) in [5, 5.41) is 3.61. The van der Waals surface area contributed by atoms with Crippen LogP contribution in [0, 0.1) is 0 Å². The predicted octanol–water partition coefficient (Wildman–Crippen LogP) is 3.14. The van der Waals surface area contributed by atoms with E-state index in [1.807, 2.05) is 38.2 Å². The second-order valence-corrected chi connectivity index (χ2v) is 3.68. The zero-order valence-electron chi connectivity index (χ0n) is 11.5. The minimum absolute atomic E-state index is 1.16. The van der Waals surface area contributed by atoms with Gasteiger partial charge in [0.2, 0.25) is 0 Å². The molecule has 1 nitrogen and oxygen atoms in total. The first-order valence-corrected chi connectivity index (χ1v) is 6.28. The number of aromatic nitrogens is 1. The van der Waals surface area contributed by atoms with Crippen LogP contribution in [0.15, 0.2) is 49.6 Å². The molecule has 1 heteroatoms. The molecule has 0 spiro atoms. The number of allylic oxidation sites excluding steroid dienone is 2. The van der Waals surface area contributed by atoms with E-state index in [1.54, 1.807) is 0 Å². The van der Waals surface area contributed by atoms with Gasteiger partial charge in [0.05, 0.1) is 0 Å². The van der Waals surface area contributed by atoms with Crippen LogP contribution in [0.1, 0.15) is 13.8 Å². The highest BCUT2D eigenvalue weighted by molar-refractivity contribution is 5.82. The minimum Gasteiger partial charge on any atom is -0.344 e. The van der Waals surface area contributed by atoms with Gasteiger partial charge < -0.3 is 4.57 Å². The number of hydrogen-bond acceptors (Lipinski definition) is 0. The molecule has 0 aliphatic rings. The Balaban J connectivity index is 0.000000771. The van der Waals surface area contributed by atoms with Crippen molar-refractivity contribution in [1.82, 2.24) is 4.57 Å². The maximum Gasteiger partial charge on any atom is 0.0488 e. The molecule has 0 aliphatic heterocycles. The first kappa shape index (κ1) is 14.0. The summed E-state index contributed by atoms with van der Waals surface area (Å²) in [6.45, 7) is 11.5. The molecule has 0 radical (unpaired) electrons. The van der Waals surface area contributed by atoms with Crippen molar-refractivity contribution >= 4 is 23.1 Å². The average Bonchev–Trinajstić information content (AvgIpc) is 2.68. The molecule has 0 fully saturated rings. The van der Waals surface area contributed by atoms with Crippen LogP contribution in [0.3, 0.4) is 0 Å². The van der Waals surface area contributed by atoms with Crippen LogP contribution in [0.5, 0.6) is 0 Å². The SMILES string of the molecule is C=C/C=c1\c(=C/C=C)n(C)c2ccccc12.CC. The quantitative estimate of drug-likeness (QED) is 0.759. The Bertz CT molecular complexity index is 657. The van der Waals surface area contributed by atoms with E-state index >= 15 is 0 Å². The van der Waals surface area contributed by atoms with Gasteiger partial charge in [0.15, 0.2) is 0 Å². The Morgan fingerprint density at radius 2 is 1.61 bits per heavy atom.